The maximum absolute atomic E-state index is 6.16. The predicted octanol–water partition coefficient (Wildman–Crippen LogP) is 2.86. The second-order valence-electron chi connectivity index (χ2n) is 6.15. The van der Waals surface area contributed by atoms with E-state index in [-0.39, 0.29) is 24.0 Å². The van der Waals surface area contributed by atoms with Crippen molar-refractivity contribution >= 4 is 47.2 Å². The molecule has 1 fully saturated rings. The van der Waals surface area contributed by atoms with Crippen LogP contribution in [0.15, 0.2) is 41.7 Å². The van der Waals surface area contributed by atoms with Gasteiger partial charge in [-0.2, -0.15) is 5.10 Å². The Balaban J connectivity index is 0.00000243. The molecule has 1 aliphatic rings. The Morgan fingerprint density at radius 2 is 2.04 bits per heavy atom. The topological polar surface area (TPSA) is 48.7 Å². The molecule has 1 aromatic carbocycles. The minimum absolute atomic E-state index is 0. The molecule has 1 aromatic heterocycles. The highest BCUT2D eigenvalue weighted by Crippen LogP contribution is 2.25. The molecule has 0 bridgehead atoms. The second-order valence-corrected chi connectivity index (χ2v) is 6.58. The van der Waals surface area contributed by atoms with Gasteiger partial charge in [0.15, 0.2) is 5.96 Å². The summed E-state index contributed by atoms with van der Waals surface area (Å²) in [5.41, 5.74) is 2.49. The fourth-order valence-electron chi connectivity index (χ4n) is 3.13. The number of anilines is 1. The van der Waals surface area contributed by atoms with Crippen molar-refractivity contribution in [2.45, 2.75) is 13.5 Å². The van der Waals surface area contributed by atoms with E-state index in [0.29, 0.717) is 0 Å². The maximum atomic E-state index is 6.16. The molecular formula is C18H26ClIN6. The number of rotatable bonds is 4. The predicted molar refractivity (Wildman–Crippen MR) is 119 cm³/mol. The third-order valence-electron chi connectivity index (χ3n) is 4.49. The smallest absolute Gasteiger partial charge is 0.193 e. The molecule has 0 saturated carbocycles. The van der Waals surface area contributed by atoms with Gasteiger partial charge in [-0.15, -0.1) is 24.0 Å². The van der Waals surface area contributed by atoms with E-state index in [9.17, 15) is 0 Å². The number of aliphatic imine (C=N–C) groups is 1. The number of hydrogen-bond acceptors (Lipinski definition) is 3. The molecule has 0 unspecified atom stereocenters. The van der Waals surface area contributed by atoms with Crippen LogP contribution in [0.2, 0.25) is 5.02 Å². The van der Waals surface area contributed by atoms with Crippen molar-refractivity contribution in [3.63, 3.8) is 0 Å². The number of nitrogens with one attached hydrogen (secondary N) is 1. The SMILES string of the molecule is CN=C(NCCn1cccn1)N1CCN(c2cc(Cl)ccc2C)CC1.I. The first-order valence-corrected chi connectivity index (χ1v) is 8.99. The molecule has 142 valence electrons. The maximum Gasteiger partial charge on any atom is 0.193 e. The van der Waals surface area contributed by atoms with Gasteiger partial charge < -0.3 is 15.1 Å². The molecule has 26 heavy (non-hydrogen) atoms. The van der Waals surface area contributed by atoms with Crippen LogP contribution in [0.5, 0.6) is 0 Å². The summed E-state index contributed by atoms with van der Waals surface area (Å²) in [7, 11) is 1.84. The Bertz CT molecular complexity index is 710. The van der Waals surface area contributed by atoms with Crippen molar-refractivity contribution < 1.29 is 0 Å². The second kappa shape index (κ2) is 10.0. The van der Waals surface area contributed by atoms with E-state index in [2.05, 4.69) is 44.3 Å². The van der Waals surface area contributed by atoms with Crippen LogP contribution in [-0.2, 0) is 6.54 Å². The zero-order valence-electron chi connectivity index (χ0n) is 15.2. The highest BCUT2D eigenvalue weighted by atomic mass is 127. The quantitative estimate of drug-likeness (QED) is 0.408. The molecule has 6 nitrogen and oxygen atoms in total. The molecule has 0 aliphatic carbocycles. The highest BCUT2D eigenvalue weighted by molar-refractivity contribution is 14.0. The van der Waals surface area contributed by atoms with Crippen LogP contribution in [0, 0.1) is 6.92 Å². The molecule has 0 atom stereocenters. The van der Waals surface area contributed by atoms with Gasteiger partial charge in [0.2, 0.25) is 0 Å². The summed E-state index contributed by atoms with van der Waals surface area (Å²) in [6, 6.07) is 8.03. The lowest BCUT2D eigenvalue weighted by Gasteiger charge is -2.38. The molecule has 2 heterocycles. The first-order chi connectivity index (χ1) is 12.2. The van der Waals surface area contributed by atoms with E-state index in [1.54, 1.807) is 6.20 Å². The Hall–Kier alpha value is -1.48. The Labute approximate surface area is 177 Å². The van der Waals surface area contributed by atoms with Crippen LogP contribution in [-0.4, -0.2) is 60.4 Å². The fourth-order valence-corrected chi connectivity index (χ4v) is 3.30. The monoisotopic (exact) mass is 488 g/mol. The van der Waals surface area contributed by atoms with Gasteiger partial charge in [0.05, 0.1) is 6.54 Å². The standard InChI is InChI=1S/C18H25ClN6.HI/c1-15-4-5-16(19)14-17(15)23-10-12-24(13-11-23)18(20-2)21-7-9-25-8-3-6-22-25;/h3-6,8,14H,7,9-13H2,1-2H3,(H,20,21);1H. The van der Waals surface area contributed by atoms with E-state index in [1.807, 2.05) is 30.1 Å². The van der Waals surface area contributed by atoms with Gasteiger partial charge in [-0.05, 0) is 30.7 Å². The van der Waals surface area contributed by atoms with E-state index in [0.717, 1.165) is 50.3 Å². The molecule has 0 radical (unpaired) electrons. The van der Waals surface area contributed by atoms with Crippen LogP contribution in [0.4, 0.5) is 5.69 Å². The molecule has 1 saturated heterocycles. The van der Waals surface area contributed by atoms with Crippen molar-refractivity contribution in [3.8, 4) is 0 Å². The highest BCUT2D eigenvalue weighted by Gasteiger charge is 2.20. The van der Waals surface area contributed by atoms with Gasteiger partial charge in [0.25, 0.3) is 0 Å². The number of benzene rings is 1. The number of halogens is 2. The Kier molecular flexibility index (Phi) is 8.02. The number of hydrogen-bond donors (Lipinski definition) is 1. The first kappa shape index (κ1) is 20.8. The van der Waals surface area contributed by atoms with Gasteiger partial charge in [0.1, 0.15) is 0 Å². The Morgan fingerprint density at radius 3 is 2.69 bits per heavy atom. The number of aryl methyl sites for hydroxylation is 1. The normalized spacial score (nSPS) is 15.0. The van der Waals surface area contributed by atoms with Gasteiger partial charge in [-0.3, -0.25) is 9.67 Å². The van der Waals surface area contributed by atoms with Crippen LogP contribution in [0.1, 0.15) is 5.56 Å². The van der Waals surface area contributed by atoms with Crippen molar-refractivity contribution in [1.82, 2.24) is 20.0 Å². The number of aromatic nitrogens is 2. The molecule has 0 amide bonds. The minimum Gasteiger partial charge on any atom is -0.368 e. The molecule has 3 rings (SSSR count). The fraction of sp³-hybridized carbons (Fsp3) is 0.444. The number of piperazine rings is 1. The molecule has 1 N–H and O–H groups in total. The van der Waals surface area contributed by atoms with Crippen molar-refractivity contribution in [2.75, 3.05) is 44.7 Å². The lowest BCUT2D eigenvalue weighted by atomic mass is 10.1. The zero-order chi connectivity index (χ0) is 17.6. The first-order valence-electron chi connectivity index (χ1n) is 8.61. The van der Waals surface area contributed by atoms with Crippen molar-refractivity contribution in [2.24, 2.45) is 4.99 Å². The number of nitrogens with zero attached hydrogens (tertiary/aromatic N) is 5. The van der Waals surface area contributed by atoms with Gasteiger partial charge in [-0.25, -0.2) is 0 Å². The van der Waals surface area contributed by atoms with E-state index < -0.39 is 0 Å². The van der Waals surface area contributed by atoms with E-state index in [1.165, 1.54) is 11.3 Å². The molecule has 8 heteroatoms. The van der Waals surface area contributed by atoms with Crippen LogP contribution < -0.4 is 10.2 Å². The van der Waals surface area contributed by atoms with Crippen LogP contribution in [0.25, 0.3) is 0 Å². The average molecular weight is 489 g/mol. The van der Waals surface area contributed by atoms with Crippen molar-refractivity contribution in [3.05, 3.63) is 47.2 Å². The molecule has 0 spiro atoms. The van der Waals surface area contributed by atoms with Gasteiger partial charge >= 0.3 is 0 Å². The third-order valence-corrected chi connectivity index (χ3v) is 4.72. The third kappa shape index (κ3) is 5.26. The summed E-state index contributed by atoms with van der Waals surface area (Å²) >= 11 is 6.16. The summed E-state index contributed by atoms with van der Waals surface area (Å²) in [5, 5.41) is 8.43. The Morgan fingerprint density at radius 1 is 1.27 bits per heavy atom. The summed E-state index contributed by atoms with van der Waals surface area (Å²) in [4.78, 5) is 9.12. The van der Waals surface area contributed by atoms with E-state index in [4.69, 9.17) is 11.6 Å². The lowest BCUT2D eigenvalue weighted by Crippen LogP contribution is -2.53. The molecular weight excluding hydrogens is 463 g/mol. The summed E-state index contributed by atoms with van der Waals surface area (Å²) in [6.45, 7) is 7.56. The summed E-state index contributed by atoms with van der Waals surface area (Å²) < 4.78 is 1.92. The molecule has 2 aromatic rings. The zero-order valence-corrected chi connectivity index (χ0v) is 18.3. The van der Waals surface area contributed by atoms with Crippen molar-refractivity contribution in [1.29, 1.82) is 0 Å². The molecule has 1 aliphatic heterocycles. The lowest BCUT2D eigenvalue weighted by molar-refractivity contribution is 0.371. The average Bonchev–Trinajstić information content (AvgIpc) is 3.15. The van der Waals surface area contributed by atoms with E-state index >= 15 is 0 Å². The van der Waals surface area contributed by atoms with Crippen LogP contribution in [0.3, 0.4) is 0 Å². The number of guanidine groups is 1. The summed E-state index contributed by atoms with van der Waals surface area (Å²) in [5.74, 6) is 0.953. The summed E-state index contributed by atoms with van der Waals surface area (Å²) in [6.07, 6.45) is 3.77. The largest absolute Gasteiger partial charge is 0.368 e. The van der Waals surface area contributed by atoms with Gasteiger partial charge in [-0.1, -0.05) is 17.7 Å². The minimum atomic E-state index is 0. The van der Waals surface area contributed by atoms with Gasteiger partial charge in [0, 0.05) is 62.9 Å². The van der Waals surface area contributed by atoms with Crippen LogP contribution >= 0.6 is 35.6 Å².